The van der Waals surface area contributed by atoms with Crippen molar-refractivity contribution < 1.29 is 9.90 Å². The molecule has 0 aliphatic carbocycles. The topological polar surface area (TPSA) is 61.7 Å². The predicted octanol–water partition coefficient (Wildman–Crippen LogP) is 6.05. The first kappa shape index (κ1) is 23.7. The van der Waals surface area contributed by atoms with Crippen LogP contribution in [0.5, 0.6) is 5.75 Å². The third kappa shape index (κ3) is 5.71. The van der Waals surface area contributed by atoms with Crippen molar-refractivity contribution in [1.82, 2.24) is 5.43 Å². The lowest BCUT2D eigenvalue weighted by Crippen LogP contribution is -2.19. The zero-order valence-electron chi connectivity index (χ0n) is 19.8. The normalized spacial score (nSPS) is 13.0. The molecule has 2 aromatic carbocycles. The number of carbonyl (C=O) groups excluding carboxylic acids is 1. The standard InChI is InChI=1S/C26H36N2O2/c1-24(2,3)19-12-10-18(11-13-19)23(30)28-27-16-17-14-20(25(4,5)6)22(29)21(15-17)26(7,8)9/h10-16,29H,1-9H3,(H,28,30)/b27-16+. The highest BCUT2D eigenvalue weighted by molar-refractivity contribution is 5.95. The molecule has 4 heteroatoms. The summed E-state index contributed by atoms with van der Waals surface area (Å²) >= 11 is 0. The lowest BCUT2D eigenvalue weighted by Gasteiger charge is -2.27. The molecule has 0 spiro atoms. The van der Waals surface area contributed by atoms with Gasteiger partial charge in [0.2, 0.25) is 0 Å². The summed E-state index contributed by atoms with van der Waals surface area (Å²) in [6.45, 7) is 18.8. The largest absolute Gasteiger partial charge is 0.507 e. The second-order valence-electron chi connectivity index (χ2n) is 11.0. The quantitative estimate of drug-likeness (QED) is 0.480. The van der Waals surface area contributed by atoms with Crippen LogP contribution in [0.25, 0.3) is 0 Å². The molecule has 0 fully saturated rings. The Morgan fingerprint density at radius 3 is 1.70 bits per heavy atom. The second kappa shape index (κ2) is 8.25. The Kier molecular flexibility index (Phi) is 6.51. The molecule has 4 nitrogen and oxygen atoms in total. The molecule has 0 aliphatic heterocycles. The van der Waals surface area contributed by atoms with Gasteiger partial charge in [-0.15, -0.1) is 0 Å². The van der Waals surface area contributed by atoms with Crippen molar-refractivity contribution in [3.63, 3.8) is 0 Å². The van der Waals surface area contributed by atoms with Gasteiger partial charge in [-0.1, -0.05) is 74.4 Å². The highest BCUT2D eigenvalue weighted by Gasteiger charge is 2.26. The molecule has 1 amide bonds. The molecule has 0 aromatic heterocycles. The van der Waals surface area contributed by atoms with E-state index in [1.54, 1.807) is 6.21 Å². The second-order valence-corrected chi connectivity index (χ2v) is 11.0. The number of hydrazone groups is 1. The van der Waals surface area contributed by atoms with Crippen LogP contribution in [0.15, 0.2) is 41.5 Å². The number of phenolic OH excluding ortho intramolecular Hbond substituents is 1. The van der Waals surface area contributed by atoms with Crippen molar-refractivity contribution in [2.24, 2.45) is 5.10 Å². The summed E-state index contributed by atoms with van der Waals surface area (Å²) < 4.78 is 0. The van der Waals surface area contributed by atoms with Crippen molar-refractivity contribution in [3.05, 3.63) is 64.2 Å². The van der Waals surface area contributed by atoms with Gasteiger partial charge in [-0.3, -0.25) is 4.79 Å². The lowest BCUT2D eigenvalue weighted by atomic mass is 9.78. The molecule has 0 unspecified atom stereocenters. The first-order valence-corrected chi connectivity index (χ1v) is 10.4. The summed E-state index contributed by atoms with van der Waals surface area (Å²) in [7, 11) is 0. The SMILES string of the molecule is CC(C)(C)c1ccc(C(=O)N/N=C/c2cc(C(C)(C)C)c(O)c(C(C)(C)C)c2)cc1. The van der Waals surface area contributed by atoms with Crippen molar-refractivity contribution in [3.8, 4) is 5.75 Å². The van der Waals surface area contributed by atoms with E-state index in [0.29, 0.717) is 11.3 Å². The summed E-state index contributed by atoms with van der Waals surface area (Å²) in [5, 5.41) is 15.0. The smallest absolute Gasteiger partial charge is 0.271 e. The van der Waals surface area contributed by atoms with E-state index in [2.05, 4.69) is 72.8 Å². The first-order chi connectivity index (χ1) is 13.6. The number of amides is 1. The molecular weight excluding hydrogens is 372 g/mol. The maximum atomic E-state index is 12.4. The van der Waals surface area contributed by atoms with Crippen molar-refractivity contribution in [1.29, 1.82) is 0 Å². The molecule has 162 valence electrons. The van der Waals surface area contributed by atoms with Crippen LogP contribution in [0, 0.1) is 0 Å². The minimum Gasteiger partial charge on any atom is -0.507 e. The van der Waals surface area contributed by atoms with Gasteiger partial charge in [-0.25, -0.2) is 5.43 Å². The number of hydrogen-bond acceptors (Lipinski definition) is 3. The zero-order chi connectivity index (χ0) is 22.9. The van der Waals surface area contributed by atoms with Gasteiger partial charge in [-0.05, 0) is 51.6 Å². The molecule has 2 aromatic rings. The first-order valence-electron chi connectivity index (χ1n) is 10.4. The third-order valence-electron chi connectivity index (χ3n) is 5.14. The Morgan fingerprint density at radius 2 is 1.30 bits per heavy atom. The van der Waals surface area contributed by atoms with Crippen molar-refractivity contribution in [2.45, 2.75) is 78.6 Å². The maximum absolute atomic E-state index is 12.4. The maximum Gasteiger partial charge on any atom is 0.271 e. The lowest BCUT2D eigenvalue weighted by molar-refractivity contribution is 0.0955. The van der Waals surface area contributed by atoms with E-state index in [4.69, 9.17) is 0 Å². The van der Waals surface area contributed by atoms with Gasteiger partial charge >= 0.3 is 0 Å². The Labute approximate surface area is 181 Å². The Bertz CT molecular complexity index is 900. The van der Waals surface area contributed by atoms with Gasteiger partial charge in [0, 0.05) is 16.7 Å². The van der Waals surface area contributed by atoms with Gasteiger partial charge in [-0.2, -0.15) is 5.10 Å². The minimum atomic E-state index is -0.252. The number of nitrogens with zero attached hydrogens (tertiary/aromatic N) is 1. The van der Waals surface area contributed by atoms with Gasteiger partial charge in [0.25, 0.3) is 5.91 Å². The fourth-order valence-corrected chi connectivity index (χ4v) is 3.23. The fraction of sp³-hybridized carbons (Fsp3) is 0.462. The molecule has 0 aliphatic rings. The van der Waals surface area contributed by atoms with E-state index < -0.39 is 0 Å². The highest BCUT2D eigenvalue weighted by atomic mass is 16.3. The van der Waals surface area contributed by atoms with Gasteiger partial charge < -0.3 is 5.11 Å². The van der Waals surface area contributed by atoms with Crippen LogP contribution in [0.4, 0.5) is 0 Å². The van der Waals surface area contributed by atoms with Crippen LogP contribution >= 0.6 is 0 Å². The molecule has 0 bridgehead atoms. The summed E-state index contributed by atoms with van der Waals surface area (Å²) in [6, 6.07) is 11.5. The van der Waals surface area contributed by atoms with Gasteiger partial charge in [0.15, 0.2) is 0 Å². The Morgan fingerprint density at radius 1 is 0.833 bits per heavy atom. The highest BCUT2D eigenvalue weighted by Crippen LogP contribution is 2.39. The van der Waals surface area contributed by atoms with E-state index in [-0.39, 0.29) is 22.2 Å². The molecule has 0 heterocycles. The van der Waals surface area contributed by atoms with Crippen LogP contribution in [0.3, 0.4) is 0 Å². The zero-order valence-corrected chi connectivity index (χ0v) is 19.8. The fourth-order valence-electron chi connectivity index (χ4n) is 3.23. The molecule has 0 saturated carbocycles. The summed E-state index contributed by atoms with van der Waals surface area (Å²) in [6.07, 6.45) is 1.63. The number of aromatic hydroxyl groups is 1. The number of nitrogens with one attached hydrogen (secondary N) is 1. The van der Waals surface area contributed by atoms with E-state index in [1.165, 1.54) is 5.56 Å². The van der Waals surface area contributed by atoms with Gasteiger partial charge in [0.1, 0.15) is 5.75 Å². The summed E-state index contributed by atoms with van der Waals surface area (Å²) in [4.78, 5) is 12.4. The Hall–Kier alpha value is -2.62. The van der Waals surface area contributed by atoms with E-state index in [9.17, 15) is 9.90 Å². The molecule has 30 heavy (non-hydrogen) atoms. The molecule has 2 rings (SSSR count). The minimum absolute atomic E-state index is 0.0432. The Balaban J connectivity index is 2.26. The van der Waals surface area contributed by atoms with Crippen LogP contribution in [-0.4, -0.2) is 17.2 Å². The number of hydrogen-bond donors (Lipinski definition) is 2. The van der Waals surface area contributed by atoms with Gasteiger partial charge in [0.05, 0.1) is 6.21 Å². The van der Waals surface area contributed by atoms with Crippen LogP contribution in [0.2, 0.25) is 0 Å². The molecule has 0 atom stereocenters. The molecule has 0 radical (unpaired) electrons. The van der Waals surface area contributed by atoms with E-state index in [0.717, 1.165) is 16.7 Å². The molecular formula is C26H36N2O2. The number of benzene rings is 2. The number of phenols is 1. The number of rotatable bonds is 3. The molecule has 2 N–H and O–H groups in total. The van der Waals surface area contributed by atoms with Crippen LogP contribution < -0.4 is 5.43 Å². The summed E-state index contributed by atoms with van der Waals surface area (Å²) in [5.41, 5.74) is 6.52. The average Bonchev–Trinajstić information content (AvgIpc) is 2.60. The van der Waals surface area contributed by atoms with Crippen molar-refractivity contribution in [2.75, 3.05) is 0 Å². The average molecular weight is 409 g/mol. The predicted molar refractivity (Wildman–Crippen MR) is 126 cm³/mol. The number of carbonyl (C=O) groups is 1. The molecule has 0 saturated heterocycles. The van der Waals surface area contributed by atoms with Crippen LogP contribution in [-0.2, 0) is 16.2 Å². The third-order valence-corrected chi connectivity index (χ3v) is 5.14. The van der Waals surface area contributed by atoms with Crippen molar-refractivity contribution >= 4 is 12.1 Å². The monoisotopic (exact) mass is 408 g/mol. The van der Waals surface area contributed by atoms with E-state index >= 15 is 0 Å². The van der Waals surface area contributed by atoms with Crippen LogP contribution in [0.1, 0.15) is 94.9 Å². The van der Waals surface area contributed by atoms with E-state index in [1.807, 2.05) is 36.4 Å². The summed E-state index contributed by atoms with van der Waals surface area (Å²) in [5.74, 6) is 0.0766.